The van der Waals surface area contributed by atoms with E-state index >= 15 is 0 Å². The first-order valence-corrected chi connectivity index (χ1v) is 11.8. The van der Waals surface area contributed by atoms with E-state index in [9.17, 15) is 0 Å². The van der Waals surface area contributed by atoms with Crippen molar-refractivity contribution in [3.05, 3.63) is 24.8 Å². The Labute approximate surface area is 174 Å². The third-order valence-corrected chi connectivity index (χ3v) is 5.64. The number of unbranched alkanes of at least 4 members (excludes halogenated alkanes) is 1. The fraction of sp³-hybridized carbons (Fsp3) is 0.846. The van der Waals surface area contributed by atoms with Crippen LogP contribution in [0.3, 0.4) is 0 Å². The van der Waals surface area contributed by atoms with E-state index in [2.05, 4.69) is 59.6 Å². The lowest BCUT2D eigenvalue weighted by Crippen LogP contribution is -2.15. The highest BCUT2D eigenvalue weighted by Gasteiger charge is 2.21. The van der Waals surface area contributed by atoms with Gasteiger partial charge in [0.1, 0.15) is 0 Å². The predicted molar refractivity (Wildman–Crippen MR) is 129 cm³/mol. The molecule has 0 radical (unpaired) electrons. The number of hydrogen-bond donors (Lipinski definition) is 1. The Bertz CT molecular complexity index is 304. The summed E-state index contributed by atoms with van der Waals surface area (Å²) >= 11 is 0. The molecule has 1 fully saturated rings. The van der Waals surface area contributed by atoms with Gasteiger partial charge in [-0.2, -0.15) is 0 Å². The van der Waals surface area contributed by atoms with Crippen LogP contribution in [0.25, 0.3) is 0 Å². The first kappa shape index (κ1) is 31.1. The third kappa shape index (κ3) is 17.3. The smallest absolute Gasteiger partial charge is 0.0195 e. The van der Waals surface area contributed by atoms with E-state index in [1.807, 2.05) is 13.8 Å². The predicted octanol–water partition coefficient (Wildman–Crippen LogP) is 8.94. The van der Waals surface area contributed by atoms with Crippen LogP contribution in [0.1, 0.15) is 119 Å². The number of nitrogens with two attached hydrogens (primary N) is 1. The van der Waals surface area contributed by atoms with E-state index in [4.69, 9.17) is 0 Å². The molecule has 1 saturated carbocycles. The summed E-state index contributed by atoms with van der Waals surface area (Å²) in [7, 11) is 1.50. The second kappa shape index (κ2) is 21.7. The SMILES string of the molecule is C=CC1CCC(C(=C)C)CC1.CC.CCCCC(C)(CCC)CCC.CN. The number of rotatable bonds is 9. The number of allylic oxidation sites excluding steroid dienone is 2. The Morgan fingerprint density at radius 1 is 0.926 bits per heavy atom. The van der Waals surface area contributed by atoms with Crippen LogP contribution < -0.4 is 5.73 Å². The summed E-state index contributed by atoms with van der Waals surface area (Å²) in [4.78, 5) is 0. The fourth-order valence-electron chi connectivity index (χ4n) is 4.03. The molecule has 0 aromatic rings. The minimum atomic E-state index is 0.652. The van der Waals surface area contributed by atoms with E-state index in [-0.39, 0.29) is 0 Å². The Balaban J connectivity index is -0.000000360. The van der Waals surface area contributed by atoms with Gasteiger partial charge in [-0.1, -0.05) is 85.5 Å². The quantitative estimate of drug-likeness (QED) is 0.396. The maximum Gasteiger partial charge on any atom is -0.0195 e. The van der Waals surface area contributed by atoms with E-state index in [1.165, 1.54) is 83.2 Å². The van der Waals surface area contributed by atoms with Gasteiger partial charge in [-0.25, -0.2) is 0 Å². The van der Waals surface area contributed by atoms with Gasteiger partial charge in [0.25, 0.3) is 0 Å². The minimum absolute atomic E-state index is 0.652. The lowest BCUT2D eigenvalue weighted by Gasteiger charge is -2.28. The summed E-state index contributed by atoms with van der Waals surface area (Å²) in [5, 5.41) is 0. The summed E-state index contributed by atoms with van der Waals surface area (Å²) in [5.74, 6) is 1.58. The molecule has 27 heavy (non-hydrogen) atoms. The molecule has 0 aromatic carbocycles. The van der Waals surface area contributed by atoms with Crippen LogP contribution in [-0.2, 0) is 0 Å². The van der Waals surface area contributed by atoms with Crippen LogP contribution in [0, 0.1) is 17.3 Å². The minimum Gasteiger partial charge on any atom is -0.333 e. The van der Waals surface area contributed by atoms with E-state index < -0.39 is 0 Å². The van der Waals surface area contributed by atoms with Gasteiger partial charge < -0.3 is 5.73 Å². The molecule has 0 spiro atoms. The highest BCUT2D eigenvalue weighted by Crippen LogP contribution is 2.34. The topological polar surface area (TPSA) is 26.0 Å². The molecule has 164 valence electrons. The van der Waals surface area contributed by atoms with Crippen molar-refractivity contribution in [2.45, 2.75) is 119 Å². The fourth-order valence-corrected chi connectivity index (χ4v) is 4.03. The Kier molecular flexibility index (Phi) is 25.1. The first-order valence-electron chi connectivity index (χ1n) is 11.8. The highest BCUT2D eigenvalue weighted by molar-refractivity contribution is 4.99. The Hall–Kier alpha value is -0.560. The summed E-state index contributed by atoms with van der Waals surface area (Å²) in [6.07, 6.45) is 17.1. The summed E-state index contributed by atoms with van der Waals surface area (Å²) in [5.41, 5.74) is 6.52. The molecule has 0 saturated heterocycles. The summed E-state index contributed by atoms with van der Waals surface area (Å²) in [6.45, 7) is 23.4. The van der Waals surface area contributed by atoms with E-state index in [0.717, 1.165) is 11.8 Å². The zero-order valence-corrected chi connectivity index (χ0v) is 20.5. The van der Waals surface area contributed by atoms with Gasteiger partial charge in [-0.05, 0) is 76.2 Å². The van der Waals surface area contributed by atoms with Crippen LogP contribution in [0.5, 0.6) is 0 Å². The zero-order chi connectivity index (χ0) is 21.7. The Morgan fingerprint density at radius 2 is 1.37 bits per heavy atom. The van der Waals surface area contributed by atoms with Crippen molar-refractivity contribution in [1.29, 1.82) is 0 Å². The highest BCUT2D eigenvalue weighted by atomic mass is 14.4. The largest absolute Gasteiger partial charge is 0.333 e. The van der Waals surface area contributed by atoms with Crippen molar-refractivity contribution in [3.63, 3.8) is 0 Å². The van der Waals surface area contributed by atoms with Gasteiger partial charge >= 0.3 is 0 Å². The van der Waals surface area contributed by atoms with Gasteiger partial charge in [0, 0.05) is 0 Å². The molecule has 0 aromatic heterocycles. The average molecular weight is 382 g/mol. The standard InChI is InChI=1S/C12H26.C11H18.C2H6.CH5N/c1-5-8-11-12(4,9-6-2)10-7-3;1-4-10-5-7-11(8-6-10)9(2)3;2*1-2/h5-11H2,1-4H3;4,10-11H,1-2,5-8H2,3H3;1-2H3;2H2,1H3. The maximum absolute atomic E-state index is 4.50. The lowest BCUT2D eigenvalue weighted by atomic mass is 9.77. The van der Waals surface area contributed by atoms with Crippen LogP contribution >= 0.6 is 0 Å². The molecule has 1 aliphatic rings. The summed E-state index contributed by atoms with van der Waals surface area (Å²) in [6, 6.07) is 0. The van der Waals surface area contributed by atoms with E-state index in [0.29, 0.717) is 5.41 Å². The molecule has 1 rings (SSSR count). The molecule has 0 unspecified atom stereocenters. The molecule has 0 aliphatic heterocycles. The Morgan fingerprint density at radius 3 is 1.67 bits per heavy atom. The molecule has 1 aliphatic carbocycles. The van der Waals surface area contributed by atoms with Crippen LogP contribution in [0.15, 0.2) is 24.8 Å². The monoisotopic (exact) mass is 381 g/mol. The van der Waals surface area contributed by atoms with Gasteiger partial charge in [0.05, 0.1) is 0 Å². The molecular formula is C26H55N. The first-order chi connectivity index (χ1) is 12.9. The molecule has 0 bridgehead atoms. The molecule has 2 N–H and O–H groups in total. The van der Waals surface area contributed by atoms with Crippen molar-refractivity contribution in [3.8, 4) is 0 Å². The number of hydrogen-bond acceptors (Lipinski definition) is 1. The van der Waals surface area contributed by atoms with Crippen molar-refractivity contribution in [1.82, 2.24) is 0 Å². The summed E-state index contributed by atoms with van der Waals surface area (Å²) < 4.78 is 0. The second-order valence-electron chi connectivity index (χ2n) is 8.11. The van der Waals surface area contributed by atoms with Crippen LogP contribution in [0.4, 0.5) is 0 Å². The lowest BCUT2D eigenvalue weighted by molar-refractivity contribution is 0.237. The molecular weight excluding hydrogens is 326 g/mol. The molecule has 0 atom stereocenters. The maximum atomic E-state index is 4.50. The zero-order valence-electron chi connectivity index (χ0n) is 20.5. The van der Waals surface area contributed by atoms with Gasteiger partial charge in [0.15, 0.2) is 0 Å². The van der Waals surface area contributed by atoms with Gasteiger partial charge in [0.2, 0.25) is 0 Å². The van der Waals surface area contributed by atoms with Crippen molar-refractivity contribution in [2.75, 3.05) is 7.05 Å². The normalized spacial score (nSPS) is 18.6. The van der Waals surface area contributed by atoms with Gasteiger partial charge in [-0.3, -0.25) is 0 Å². The molecule has 1 heteroatoms. The van der Waals surface area contributed by atoms with Gasteiger partial charge in [-0.15, -0.1) is 6.58 Å². The third-order valence-electron chi connectivity index (χ3n) is 5.64. The average Bonchev–Trinajstić information content (AvgIpc) is 2.70. The second-order valence-corrected chi connectivity index (χ2v) is 8.11. The van der Waals surface area contributed by atoms with Crippen LogP contribution in [-0.4, -0.2) is 7.05 Å². The molecule has 1 nitrogen and oxygen atoms in total. The van der Waals surface area contributed by atoms with Crippen molar-refractivity contribution in [2.24, 2.45) is 23.0 Å². The van der Waals surface area contributed by atoms with Crippen molar-refractivity contribution < 1.29 is 0 Å². The van der Waals surface area contributed by atoms with E-state index in [1.54, 1.807) is 0 Å². The van der Waals surface area contributed by atoms with Crippen LogP contribution in [0.2, 0.25) is 0 Å². The molecule has 0 heterocycles. The molecule has 0 amide bonds. The van der Waals surface area contributed by atoms with Crippen molar-refractivity contribution >= 4 is 0 Å².